The number of nitrogen functional groups attached to an aromatic ring is 1. The first-order valence-electron chi connectivity index (χ1n) is 5.64. The van der Waals surface area contributed by atoms with Crippen molar-refractivity contribution in [1.82, 2.24) is 4.31 Å². The van der Waals surface area contributed by atoms with Crippen LogP contribution in [-0.4, -0.2) is 37.0 Å². The molecule has 0 aliphatic carbocycles. The molecule has 0 amide bonds. The van der Waals surface area contributed by atoms with Crippen molar-refractivity contribution in [2.24, 2.45) is 0 Å². The van der Waals surface area contributed by atoms with Gasteiger partial charge in [0.05, 0.1) is 11.6 Å². The van der Waals surface area contributed by atoms with Crippen molar-refractivity contribution >= 4 is 27.3 Å². The molecule has 1 aromatic rings. The average molecular weight is 291 g/mol. The lowest BCUT2D eigenvalue weighted by atomic mass is 10.2. The van der Waals surface area contributed by atoms with Crippen LogP contribution in [0.2, 0.25) is 5.02 Å². The Morgan fingerprint density at radius 1 is 1.50 bits per heavy atom. The van der Waals surface area contributed by atoms with Gasteiger partial charge in [-0.3, -0.25) is 0 Å². The molecule has 18 heavy (non-hydrogen) atoms. The number of anilines is 1. The van der Waals surface area contributed by atoms with E-state index < -0.39 is 10.0 Å². The van der Waals surface area contributed by atoms with Crippen molar-refractivity contribution in [3.63, 3.8) is 0 Å². The van der Waals surface area contributed by atoms with Gasteiger partial charge in [-0.05, 0) is 31.0 Å². The Hall–Kier alpha value is -0.820. The van der Waals surface area contributed by atoms with E-state index >= 15 is 0 Å². The maximum atomic E-state index is 12.5. The summed E-state index contributed by atoms with van der Waals surface area (Å²) in [5.74, 6) is 0. The summed E-state index contributed by atoms with van der Waals surface area (Å²) in [6.07, 6.45) is 1.40. The lowest BCUT2D eigenvalue weighted by Gasteiger charge is -2.23. The highest BCUT2D eigenvalue weighted by molar-refractivity contribution is 7.89. The summed E-state index contributed by atoms with van der Waals surface area (Å²) in [5, 5.41) is 9.35. The molecule has 1 heterocycles. The number of halogens is 1. The van der Waals surface area contributed by atoms with Gasteiger partial charge in [-0.1, -0.05) is 11.6 Å². The average Bonchev–Trinajstić information content (AvgIpc) is 2.81. The van der Waals surface area contributed by atoms with Gasteiger partial charge in [0.1, 0.15) is 4.90 Å². The van der Waals surface area contributed by atoms with Crippen LogP contribution in [0.1, 0.15) is 12.8 Å². The Morgan fingerprint density at radius 2 is 2.22 bits per heavy atom. The minimum atomic E-state index is -3.69. The topological polar surface area (TPSA) is 83.6 Å². The molecule has 0 bridgehead atoms. The van der Waals surface area contributed by atoms with Gasteiger partial charge in [-0.2, -0.15) is 4.31 Å². The number of rotatable bonds is 3. The molecule has 0 radical (unpaired) electrons. The minimum Gasteiger partial charge on any atom is -0.399 e. The monoisotopic (exact) mass is 290 g/mol. The Balaban J connectivity index is 2.45. The van der Waals surface area contributed by atoms with Crippen LogP contribution >= 0.6 is 11.6 Å². The van der Waals surface area contributed by atoms with Gasteiger partial charge in [0.2, 0.25) is 10.0 Å². The largest absolute Gasteiger partial charge is 0.399 e. The van der Waals surface area contributed by atoms with E-state index in [9.17, 15) is 13.5 Å². The summed E-state index contributed by atoms with van der Waals surface area (Å²) in [4.78, 5) is 0.00418. The molecule has 3 N–H and O–H groups in total. The fourth-order valence-electron chi connectivity index (χ4n) is 2.15. The smallest absolute Gasteiger partial charge is 0.244 e. The van der Waals surface area contributed by atoms with Gasteiger partial charge >= 0.3 is 0 Å². The summed E-state index contributed by atoms with van der Waals surface area (Å²) in [6.45, 7) is 0.220. The Kier molecular flexibility index (Phi) is 3.82. The van der Waals surface area contributed by atoms with Crippen LogP contribution in [0.15, 0.2) is 23.1 Å². The van der Waals surface area contributed by atoms with Crippen molar-refractivity contribution < 1.29 is 13.5 Å². The maximum Gasteiger partial charge on any atom is 0.244 e. The molecule has 0 spiro atoms. The normalized spacial score (nSPS) is 21.3. The third kappa shape index (κ3) is 2.33. The second-order valence-electron chi connectivity index (χ2n) is 4.28. The molecule has 7 heteroatoms. The van der Waals surface area contributed by atoms with E-state index in [0.29, 0.717) is 18.7 Å². The standard InChI is InChI=1S/C11H15ClN2O3S/c12-10-4-3-8(13)6-11(10)18(16,17)14-5-1-2-9(14)7-15/h3-4,6,9,15H,1-2,5,7,13H2/t9-/m1/s1. The summed E-state index contributed by atoms with van der Waals surface area (Å²) in [6, 6.07) is 4.00. The Morgan fingerprint density at radius 3 is 2.89 bits per heavy atom. The lowest BCUT2D eigenvalue weighted by molar-refractivity contribution is 0.213. The van der Waals surface area contributed by atoms with Gasteiger partial charge in [-0.15, -0.1) is 0 Å². The van der Waals surface area contributed by atoms with E-state index in [-0.39, 0.29) is 22.6 Å². The zero-order valence-electron chi connectivity index (χ0n) is 9.71. The molecule has 5 nitrogen and oxygen atoms in total. The molecule has 1 aromatic carbocycles. The Bertz CT molecular complexity index is 547. The molecule has 1 saturated heterocycles. The second kappa shape index (κ2) is 5.05. The van der Waals surface area contributed by atoms with Gasteiger partial charge in [0.25, 0.3) is 0 Å². The molecule has 1 fully saturated rings. The van der Waals surface area contributed by atoms with Crippen molar-refractivity contribution in [3.05, 3.63) is 23.2 Å². The summed E-state index contributed by atoms with van der Waals surface area (Å²) in [7, 11) is -3.69. The number of nitrogens with two attached hydrogens (primary N) is 1. The van der Waals surface area contributed by atoms with E-state index in [4.69, 9.17) is 17.3 Å². The highest BCUT2D eigenvalue weighted by atomic mass is 35.5. The fraction of sp³-hybridized carbons (Fsp3) is 0.455. The lowest BCUT2D eigenvalue weighted by Crippen LogP contribution is -2.37. The summed E-state index contributed by atoms with van der Waals surface area (Å²) in [5.41, 5.74) is 5.94. The van der Waals surface area contributed by atoms with E-state index in [1.54, 1.807) is 6.07 Å². The van der Waals surface area contributed by atoms with Gasteiger partial charge in [-0.25, -0.2) is 8.42 Å². The highest BCUT2D eigenvalue weighted by Gasteiger charge is 2.35. The van der Waals surface area contributed by atoms with Crippen LogP contribution in [-0.2, 0) is 10.0 Å². The van der Waals surface area contributed by atoms with Crippen molar-refractivity contribution in [2.45, 2.75) is 23.8 Å². The van der Waals surface area contributed by atoms with Crippen LogP contribution in [0, 0.1) is 0 Å². The van der Waals surface area contributed by atoms with Crippen LogP contribution in [0.25, 0.3) is 0 Å². The first-order chi connectivity index (χ1) is 8.46. The molecule has 2 rings (SSSR count). The maximum absolute atomic E-state index is 12.5. The number of sulfonamides is 1. The Labute approximate surface area is 111 Å². The predicted molar refractivity (Wildman–Crippen MR) is 69.9 cm³/mol. The summed E-state index contributed by atoms with van der Waals surface area (Å²) >= 11 is 5.93. The van der Waals surface area contributed by atoms with Crippen LogP contribution in [0.4, 0.5) is 5.69 Å². The number of hydrogen-bond donors (Lipinski definition) is 2. The predicted octanol–water partition coefficient (Wildman–Crippen LogP) is 1.07. The van der Waals surface area contributed by atoms with E-state index in [1.165, 1.54) is 16.4 Å². The molecule has 1 atom stereocenters. The molecule has 1 aliphatic rings. The third-order valence-corrected chi connectivity index (χ3v) is 5.51. The number of aliphatic hydroxyl groups excluding tert-OH is 1. The first kappa shape index (κ1) is 13.6. The van der Waals surface area contributed by atoms with Gasteiger partial charge in [0, 0.05) is 18.3 Å². The minimum absolute atomic E-state index is 0.00418. The molecular weight excluding hydrogens is 276 g/mol. The molecule has 100 valence electrons. The number of benzene rings is 1. The van der Waals surface area contributed by atoms with Crippen molar-refractivity contribution in [3.8, 4) is 0 Å². The number of aliphatic hydroxyl groups is 1. The van der Waals surface area contributed by atoms with Crippen LogP contribution < -0.4 is 5.73 Å². The number of hydrogen-bond acceptors (Lipinski definition) is 4. The van der Waals surface area contributed by atoms with Gasteiger partial charge in [0.15, 0.2) is 0 Å². The summed E-state index contributed by atoms with van der Waals surface area (Å²) < 4.78 is 26.2. The van der Waals surface area contributed by atoms with E-state index in [1.807, 2.05) is 0 Å². The van der Waals surface area contributed by atoms with Crippen LogP contribution in [0.3, 0.4) is 0 Å². The first-order valence-corrected chi connectivity index (χ1v) is 7.46. The van der Waals surface area contributed by atoms with Crippen molar-refractivity contribution in [1.29, 1.82) is 0 Å². The van der Waals surface area contributed by atoms with Crippen molar-refractivity contribution in [2.75, 3.05) is 18.9 Å². The molecular formula is C11H15ClN2O3S. The quantitative estimate of drug-likeness (QED) is 0.816. The molecule has 0 unspecified atom stereocenters. The van der Waals surface area contributed by atoms with E-state index in [2.05, 4.69) is 0 Å². The SMILES string of the molecule is Nc1ccc(Cl)c(S(=O)(=O)N2CCC[C@@H]2CO)c1. The zero-order valence-corrected chi connectivity index (χ0v) is 11.3. The fourth-order valence-corrected chi connectivity index (χ4v) is 4.35. The molecule has 0 aromatic heterocycles. The zero-order chi connectivity index (χ0) is 13.3. The molecule has 1 aliphatic heterocycles. The van der Waals surface area contributed by atoms with Gasteiger partial charge < -0.3 is 10.8 Å². The van der Waals surface area contributed by atoms with Crippen LogP contribution in [0.5, 0.6) is 0 Å². The van der Waals surface area contributed by atoms with E-state index in [0.717, 1.165) is 6.42 Å². The highest BCUT2D eigenvalue weighted by Crippen LogP contribution is 2.31. The second-order valence-corrected chi connectivity index (χ2v) is 6.55. The third-order valence-electron chi connectivity index (χ3n) is 3.08. The number of nitrogens with zero attached hydrogens (tertiary/aromatic N) is 1. The molecule has 0 saturated carbocycles.